The average molecular weight is 158 g/mol. The standard InChI is InChI=1S/C7H14N2O2/c1-2-4-9(5-3-8)6-7(10)11/h2H,1,3-6,8H2,(H,10,11). The number of nitrogens with zero attached hydrogens (tertiary/aromatic N) is 1. The first kappa shape index (κ1) is 10.1. The second-order valence-electron chi connectivity index (χ2n) is 2.21. The molecule has 0 saturated heterocycles. The van der Waals surface area contributed by atoms with Crippen molar-refractivity contribution in [3.8, 4) is 0 Å². The molecular weight excluding hydrogens is 144 g/mol. The molecule has 0 amide bonds. The number of hydrogen-bond acceptors (Lipinski definition) is 3. The molecule has 0 aliphatic carbocycles. The van der Waals surface area contributed by atoms with E-state index in [4.69, 9.17) is 10.8 Å². The summed E-state index contributed by atoms with van der Waals surface area (Å²) in [5.74, 6) is -0.833. The summed E-state index contributed by atoms with van der Waals surface area (Å²) >= 11 is 0. The second kappa shape index (κ2) is 5.88. The van der Waals surface area contributed by atoms with Gasteiger partial charge in [0.25, 0.3) is 0 Å². The zero-order valence-electron chi connectivity index (χ0n) is 6.49. The molecule has 0 unspecified atom stereocenters. The summed E-state index contributed by atoms with van der Waals surface area (Å²) in [5, 5.41) is 8.42. The maximum atomic E-state index is 10.2. The molecule has 0 rings (SSSR count). The molecule has 0 radical (unpaired) electrons. The van der Waals surface area contributed by atoms with E-state index >= 15 is 0 Å². The van der Waals surface area contributed by atoms with Gasteiger partial charge in [-0.25, -0.2) is 0 Å². The second-order valence-corrected chi connectivity index (χ2v) is 2.21. The molecule has 0 saturated carbocycles. The molecule has 0 bridgehead atoms. The largest absolute Gasteiger partial charge is 0.480 e. The predicted octanol–water partition coefficient (Wildman–Crippen LogP) is -0.482. The lowest BCUT2D eigenvalue weighted by molar-refractivity contribution is -0.138. The van der Waals surface area contributed by atoms with Gasteiger partial charge in [0.2, 0.25) is 0 Å². The fourth-order valence-corrected chi connectivity index (χ4v) is 0.791. The van der Waals surface area contributed by atoms with Crippen LogP contribution in [0.4, 0.5) is 0 Å². The molecule has 0 atom stereocenters. The average Bonchev–Trinajstić information content (AvgIpc) is 1.87. The SMILES string of the molecule is C=CCN(CCN)CC(=O)O. The van der Waals surface area contributed by atoms with E-state index in [1.165, 1.54) is 0 Å². The molecule has 3 N–H and O–H groups in total. The lowest BCUT2D eigenvalue weighted by Gasteiger charge is -2.16. The minimum atomic E-state index is -0.833. The van der Waals surface area contributed by atoms with E-state index < -0.39 is 5.97 Å². The van der Waals surface area contributed by atoms with Gasteiger partial charge < -0.3 is 10.8 Å². The molecule has 0 aromatic rings. The van der Waals surface area contributed by atoms with Crippen LogP contribution in [0.15, 0.2) is 12.7 Å². The maximum Gasteiger partial charge on any atom is 0.317 e. The molecule has 0 aliphatic heterocycles. The number of carboxylic acids is 1. The van der Waals surface area contributed by atoms with Gasteiger partial charge >= 0.3 is 5.97 Å². The van der Waals surface area contributed by atoms with Crippen LogP contribution >= 0.6 is 0 Å². The Balaban J connectivity index is 3.67. The van der Waals surface area contributed by atoms with Crippen molar-refractivity contribution in [3.05, 3.63) is 12.7 Å². The molecule has 0 aromatic carbocycles. The predicted molar refractivity (Wildman–Crippen MR) is 43.3 cm³/mol. The molecule has 0 aliphatic rings. The molecule has 11 heavy (non-hydrogen) atoms. The molecular formula is C7H14N2O2. The molecule has 64 valence electrons. The van der Waals surface area contributed by atoms with E-state index in [0.717, 1.165) is 0 Å². The Kier molecular flexibility index (Phi) is 5.42. The number of carbonyl (C=O) groups is 1. The van der Waals surface area contributed by atoms with Gasteiger partial charge in [0, 0.05) is 19.6 Å². The quantitative estimate of drug-likeness (QED) is 0.512. The van der Waals surface area contributed by atoms with Crippen molar-refractivity contribution in [1.29, 1.82) is 0 Å². The summed E-state index contributed by atoms with van der Waals surface area (Å²) in [6.45, 7) is 5.19. The van der Waals surface area contributed by atoms with Crippen molar-refractivity contribution in [1.82, 2.24) is 4.90 Å². The first-order valence-corrected chi connectivity index (χ1v) is 3.45. The van der Waals surface area contributed by atoms with Crippen LogP contribution in [0.2, 0.25) is 0 Å². The van der Waals surface area contributed by atoms with Crippen molar-refractivity contribution in [2.24, 2.45) is 5.73 Å². The monoisotopic (exact) mass is 158 g/mol. The first-order valence-electron chi connectivity index (χ1n) is 3.45. The zero-order chi connectivity index (χ0) is 8.69. The molecule has 4 nitrogen and oxygen atoms in total. The fourth-order valence-electron chi connectivity index (χ4n) is 0.791. The van der Waals surface area contributed by atoms with Crippen LogP contribution in [-0.4, -0.2) is 42.2 Å². The smallest absolute Gasteiger partial charge is 0.317 e. The van der Waals surface area contributed by atoms with E-state index in [2.05, 4.69) is 6.58 Å². The van der Waals surface area contributed by atoms with E-state index in [1.807, 2.05) is 0 Å². The summed E-state index contributed by atoms with van der Waals surface area (Å²) in [4.78, 5) is 12.0. The minimum Gasteiger partial charge on any atom is -0.480 e. The highest BCUT2D eigenvalue weighted by Gasteiger charge is 2.05. The molecule has 4 heteroatoms. The van der Waals surface area contributed by atoms with Gasteiger partial charge in [0.15, 0.2) is 0 Å². The van der Waals surface area contributed by atoms with E-state index in [1.54, 1.807) is 11.0 Å². The Morgan fingerprint density at radius 2 is 2.36 bits per heavy atom. The highest BCUT2D eigenvalue weighted by molar-refractivity contribution is 5.69. The number of rotatable bonds is 6. The molecule has 0 fully saturated rings. The Bertz CT molecular complexity index is 136. The number of carboxylic acid groups (broad SMARTS) is 1. The minimum absolute atomic E-state index is 0.0310. The van der Waals surface area contributed by atoms with Crippen LogP contribution in [0.5, 0.6) is 0 Å². The topological polar surface area (TPSA) is 66.6 Å². The van der Waals surface area contributed by atoms with Gasteiger partial charge in [0.05, 0.1) is 6.54 Å². The first-order chi connectivity index (χ1) is 5.20. The van der Waals surface area contributed by atoms with E-state index in [0.29, 0.717) is 19.6 Å². The lowest BCUT2D eigenvalue weighted by atomic mass is 10.4. The summed E-state index contributed by atoms with van der Waals surface area (Å²) in [7, 11) is 0. The summed E-state index contributed by atoms with van der Waals surface area (Å²) in [5.41, 5.74) is 5.27. The zero-order valence-corrected chi connectivity index (χ0v) is 6.49. The van der Waals surface area contributed by atoms with Crippen molar-refractivity contribution in [2.45, 2.75) is 0 Å². The van der Waals surface area contributed by atoms with Gasteiger partial charge in [-0.2, -0.15) is 0 Å². The van der Waals surface area contributed by atoms with Gasteiger partial charge in [-0.1, -0.05) is 6.08 Å². The van der Waals surface area contributed by atoms with Crippen LogP contribution in [0.3, 0.4) is 0 Å². The third-order valence-electron chi connectivity index (χ3n) is 1.19. The normalized spacial score (nSPS) is 10.0. The van der Waals surface area contributed by atoms with Crippen LogP contribution in [0, 0.1) is 0 Å². The number of nitrogens with two attached hydrogens (primary N) is 1. The highest BCUT2D eigenvalue weighted by atomic mass is 16.4. The third-order valence-corrected chi connectivity index (χ3v) is 1.19. The van der Waals surface area contributed by atoms with Crippen LogP contribution in [-0.2, 0) is 4.79 Å². The maximum absolute atomic E-state index is 10.2. The highest BCUT2D eigenvalue weighted by Crippen LogP contribution is 1.86. The van der Waals surface area contributed by atoms with E-state index in [-0.39, 0.29) is 6.54 Å². The van der Waals surface area contributed by atoms with Gasteiger partial charge in [-0.3, -0.25) is 9.69 Å². The summed E-state index contributed by atoms with van der Waals surface area (Å²) in [6.07, 6.45) is 1.67. The number of aliphatic carboxylic acids is 1. The van der Waals surface area contributed by atoms with Crippen LogP contribution < -0.4 is 5.73 Å². The van der Waals surface area contributed by atoms with Crippen molar-refractivity contribution >= 4 is 5.97 Å². The Labute approximate surface area is 66.3 Å². The van der Waals surface area contributed by atoms with Crippen LogP contribution in [0.1, 0.15) is 0 Å². The summed E-state index contributed by atoms with van der Waals surface area (Å²) in [6, 6.07) is 0. The van der Waals surface area contributed by atoms with Crippen molar-refractivity contribution in [2.75, 3.05) is 26.2 Å². The van der Waals surface area contributed by atoms with Crippen molar-refractivity contribution < 1.29 is 9.90 Å². The lowest BCUT2D eigenvalue weighted by Crippen LogP contribution is -2.34. The van der Waals surface area contributed by atoms with E-state index in [9.17, 15) is 4.79 Å². The Morgan fingerprint density at radius 1 is 1.73 bits per heavy atom. The van der Waals surface area contributed by atoms with Crippen LogP contribution in [0.25, 0.3) is 0 Å². The van der Waals surface area contributed by atoms with Gasteiger partial charge in [0.1, 0.15) is 0 Å². The molecule has 0 aromatic heterocycles. The Morgan fingerprint density at radius 3 is 2.73 bits per heavy atom. The fraction of sp³-hybridized carbons (Fsp3) is 0.571. The van der Waals surface area contributed by atoms with Crippen molar-refractivity contribution in [3.63, 3.8) is 0 Å². The van der Waals surface area contributed by atoms with Gasteiger partial charge in [-0.05, 0) is 0 Å². The molecule has 0 spiro atoms. The Hall–Kier alpha value is -0.870. The number of hydrogen-bond donors (Lipinski definition) is 2. The van der Waals surface area contributed by atoms with Gasteiger partial charge in [-0.15, -0.1) is 6.58 Å². The molecule has 0 heterocycles. The third kappa shape index (κ3) is 5.57. The summed E-state index contributed by atoms with van der Waals surface area (Å²) < 4.78 is 0.